The molecule has 0 saturated carbocycles. The van der Waals surface area contributed by atoms with E-state index in [2.05, 4.69) is 31.5 Å². The van der Waals surface area contributed by atoms with Crippen LogP contribution in [0, 0.1) is 18.2 Å². The minimum atomic E-state index is -0.762. The van der Waals surface area contributed by atoms with Crippen molar-refractivity contribution in [3.8, 4) is 18.1 Å². The van der Waals surface area contributed by atoms with Gasteiger partial charge in [-0.1, -0.05) is 17.5 Å². The molecule has 1 unspecified atom stereocenters. The highest BCUT2D eigenvalue weighted by Gasteiger charge is 2.41. The minimum absolute atomic E-state index is 0.0233. The molecule has 39 heavy (non-hydrogen) atoms. The lowest BCUT2D eigenvalue weighted by molar-refractivity contribution is -0.120. The summed E-state index contributed by atoms with van der Waals surface area (Å²) in [7, 11) is 0. The van der Waals surface area contributed by atoms with Gasteiger partial charge in [-0.15, -0.1) is 6.42 Å². The number of imide groups is 1. The third-order valence-corrected chi connectivity index (χ3v) is 6.07. The van der Waals surface area contributed by atoms with E-state index in [0.29, 0.717) is 35.9 Å². The van der Waals surface area contributed by atoms with Gasteiger partial charge in [-0.05, 0) is 78.0 Å². The topological polar surface area (TPSA) is 109 Å². The average molecular weight is 577 g/mol. The summed E-state index contributed by atoms with van der Waals surface area (Å²) in [5.41, 5.74) is 0.705. The fourth-order valence-corrected chi connectivity index (χ4v) is 4.30. The molecule has 0 spiro atoms. The lowest BCUT2D eigenvalue weighted by Crippen LogP contribution is -2.32. The Morgan fingerprint density at radius 2 is 1.69 bits per heavy atom. The molecular formula is C27H31Cl2FN6O3. The van der Waals surface area contributed by atoms with Crippen molar-refractivity contribution in [2.45, 2.75) is 71.9 Å². The molecule has 4 rings (SSSR count). The SMILES string of the molecule is C#CC(C)Oc1cc(N2C(=O)C3=C(CCCC3)C2=O)c(F)cc1Cl.CCNc1nc(Cl)nc(NC(C)(C)C)n1. The Balaban J connectivity index is 0.000000242. The summed E-state index contributed by atoms with van der Waals surface area (Å²) in [6, 6.07) is 2.27. The predicted molar refractivity (Wildman–Crippen MR) is 151 cm³/mol. The fraction of sp³-hybridized carbons (Fsp3) is 0.444. The van der Waals surface area contributed by atoms with Crippen LogP contribution in [0.25, 0.3) is 0 Å². The number of amides is 2. The van der Waals surface area contributed by atoms with Crippen molar-refractivity contribution in [2.75, 3.05) is 22.1 Å². The Kier molecular flexibility index (Phi) is 9.75. The summed E-state index contributed by atoms with van der Waals surface area (Å²) in [5.74, 6) is 1.78. The zero-order valence-corrected chi connectivity index (χ0v) is 24.0. The van der Waals surface area contributed by atoms with E-state index in [1.807, 2.05) is 27.7 Å². The smallest absolute Gasteiger partial charge is 0.261 e. The standard InChI is InChI=1S/C18H15ClFNO3.C9H16ClN5/c1-3-10(2)24-16-9-15(14(20)8-13(16)19)21-17(22)11-6-4-5-7-12(11)18(21)23;1-5-11-7-12-6(10)13-8(14-7)15-9(2,3)4/h1,8-10H,4-7H2,2H3;5H2,1-4H3,(H2,11,12,13,14,15). The first-order valence-corrected chi connectivity index (χ1v) is 13.3. The van der Waals surface area contributed by atoms with Crippen LogP contribution in [0.2, 0.25) is 10.3 Å². The number of ether oxygens (including phenoxy) is 1. The minimum Gasteiger partial charge on any atom is -0.476 e. The van der Waals surface area contributed by atoms with Gasteiger partial charge in [0.15, 0.2) is 6.10 Å². The van der Waals surface area contributed by atoms with E-state index in [0.717, 1.165) is 30.4 Å². The molecule has 2 amide bonds. The van der Waals surface area contributed by atoms with Crippen molar-refractivity contribution in [1.29, 1.82) is 0 Å². The molecule has 208 valence electrons. The molecule has 1 atom stereocenters. The maximum absolute atomic E-state index is 14.4. The largest absolute Gasteiger partial charge is 0.476 e. The molecule has 2 heterocycles. The highest BCUT2D eigenvalue weighted by molar-refractivity contribution is 6.34. The maximum atomic E-state index is 14.4. The van der Waals surface area contributed by atoms with Gasteiger partial charge in [0.2, 0.25) is 17.2 Å². The summed E-state index contributed by atoms with van der Waals surface area (Å²) in [6.07, 6.45) is 7.47. The second-order valence-corrected chi connectivity index (χ2v) is 10.7. The van der Waals surface area contributed by atoms with E-state index in [1.54, 1.807) is 6.92 Å². The van der Waals surface area contributed by atoms with Crippen LogP contribution in [0.1, 0.15) is 60.3 Å². The second kappa shape index (κ2) is 12.6. The highest BCUT2D eigenvalue weighted by Crippen LogP contribution is 2.39. The molecular weight excluding hydrogens is 546 g/mol. The molecule has 9 nitrogen and oxygen atoms in total. The van der Waals surface area contributed by atoms with Crippen molar-refractivity contribution < 1.29 is 18.7 Å². The number of aromatic nitrogens is 3. The third-order valence-electron chi connectivity index (χ3n) is 5.60. The zero-order chi connectivity index (χ0) is 28.9. The van der Waals surface area contributed by atoms with Gasteiger partial charge in [0.1, 0.15) is 11.6 Å². The van der Waals surface area contributed by atoms with Crippen LogP contribution in [0.4, 0.5) is 22.0 Å². The molecule has 1 aromatic carbocycles. The van der Waals surface area contributed by atoms with Crippen LogP contribution >= 0.6 is 23.2 Å². The number of halogens is 3. The van der Waals surface area contributed by atoms with Crippen molar-refractivity contribution >= 4 is 52.6 Å². The number of nitrogens with one attached hydrogen (secondary N) is 2. The van der Waals surface area contributed by atoms with Crippen molar-refractivity contribution in [3.63, 3.8) is 0 Å². The lowest BCUT2D eigenvalue weighted by Gasteiger charge is -2.20. The molecule has 0 saturated heterocycles. The van der Waals surface area contributed by atoms with Gasteiger partial charge in [-0.3, -0.25) is 9.59 Å². The van der Waals surface area contributed by atoms with Gasteiger partial charge < -0.3 is 15.4 Å². The van der Waals surface area contributed by atoms with E-state index < -0.39 is 23.7 Å². The number of hydrogen-bond acceptors (Lipinski definition) is 8. The van der Waals surface area contributed by atoms with E-state index in [4.69, 9.17) is 34.4 Å². The third kappa shape index (κ3) is 7.58. The van der Waals surface area contributed by atoms with Crippen molar-refractivity contribution in [2.24, 2.45) is 0 Å². The Morgan fingerprint density at radius 1 is 1.10 bits per heavy atom. The summed E-state index contributed by atoms with van der Waals surface area (Å²) < 4.78 is 19.8. The fourth-order valence-electron chi connectivity index (χ4n) is 3.94. The number of anilines is 3. The second-order valence-electron chi connectivity index (χ2n) is 9.93. The first-order chi connectivity index (χ1) is 18.3. The maximum Gasteiger partial charge on any atom is 0.261 e. The monoisotopic (exact) mass is 576 g/mol. The molecule has 2 N–H and O–H groups in total. The van der Waals surface area contributed by atoms with Crippen LogP contribution in [0.3, 0.4) is 0 Å². The Bertz CT molecular complexity index is 1310. The number of rotatable bonds is 6. The normalized spacial score (nSPS) is 15.7. The number of carbonyl (C=O) groups is 2. The number of nitrogens with zero attached hydrogens (tertiary/aromatic N) is 4. The number of benzene rings is 1. The highest BCUT2D eigenvalue weighted by atomic mass is 35.5. The number of hydrogen-bond donors (Lipinski definition) is 2. The summed E-state index contributed by atoms with van der Waals surface area (Å²) in [6.45, 7) is 10.4. The molecule has 0 radical (unpaired) electrons. The average Bonchev–Trinajstić information content (AvgIpc) is 3.10. The van der Waals surface area contributed by atoms with Gasteiger partial charge in [-0.2, -0.15) is 15.0 Å². The van der Waals surface area contributed by atoms with Crippen molar-refractivity contribution in [1.82, 2.24) is 15.0 Å². The molecule has 2 aromatic rings. The van der Waals surface area contributed by atoms with E-state index in [-0.39, 0.29) is 27.3 Å². The summed E-state index contributed by atoms with van der Waals surface area (Å²) in [4.78, 5) is 38.1. The molecule has 12 heteroatoms. The van der Waals surface area contributed by atoms with Crippen molar-refractivity contribution in [3.05, 3.63) is 39.4 Å². The van der Waals surface area contributed by atoms with Crippen LogP contribution in [0.15, 0.2) is 23.3 Å². The van der Waals surface area contributed by atoms with E-state index in [1.165, 1.54) is 6.07 Å². The van der Waals surface area contributed by atoms with Gasteiger partial charge in [-0.25, -0.2) is 9.29 Å². The molecule has 1 aliphatic carbocycles. The van der Waals surface area contributed by atoms with Crippen LogP contribution in [-0.4, -0.2) is 45.0 Å². The number of carbonyl (C=O) groups excluding carboxylic acids is 2. The quantitative estimate of drug-likeness (QED) is 0.328. The first kappa shape index (κ1) is 30.1. The molecule has 0 fully saturated rings. The van der Waals surface area contributed by atoms with Gasteiger partial charge in [0.05, 0.1) is 10.7 Å². The lowest BCUT2D eigenvalue weighted by atomic mass is 9.93. The molecule has 1 aliphatic heterocycles. The first-order valence-electron chi connectivity index (χ1n) is 12.5. The molecule has 0 bridgehead atoms. The number of terminal acetylenes is 1. The zero-order valence-electron chi connectivity index (χ0n) is 22.5. The summed E-state index contributed by atoms with van der Waals surface area (Å²) in [5, 5.41) is 6.33. The van der Waals surface area contributed by atoms with Crippen LogP contribution in [0.5, 0.6) is 5.75 Å². The Morgan fingerprint density at radius 3 is 2.23 bits per heavy atom. The van der Waals surface area contributed by atoms with Gasteiger partial charge in [0, 0.05) is 29.3 Å². The Labute approximate surface area is 237 Å². The molecule has 1 aromatic heterocycles. The van der Waals surface area contributed by atoms with Crippen LogP contribution in [-0.2, 0) is 9.59 Å². The van der Waals surface area contributed by atoms with Crippen LogP contribution < -0.4 is 20.3 Å². The molecule has 2 aliphatic rings. The Hall–Kier alpha value is -3.42. The van der Waals surface area contributed by atoms with Gasteiger partial charge in [0.25, 0.3) is 11.8 Å². The van der Waals surface area contributed by atoms with E-state index >= 15 is 0 Å². The van der Waals surface area contributed by atoms with E-state index in [9.17, 15) is 14.0 Å². The summed E-state index contributed by atoms with van der Waals surface area (Å²) >= 11 is 11.7. The predicted octanol–water partition coefficient (Wildman–Crippen LogP) is 5.79. The van der Waals surface area contributed by atoms with Gasteiger partial charge >= 0.3 is 0 Å².